The summed E-state index contributed by atoms with van der Waals surface area (Å²) < 4.78 is 33.6. The molecule has 0 bridgehead atoms. The summed E-state index contributed by atoms with van der Waals surface area (Å²) in [4.78, 5) is 9.68. The maximum absolute atomic E-state index is 14.9. The van der Waals surface area contributed by atoms with Gasteiger partial charge in [0.2, 0.25) is 0 Å². The SMILES string of the molecule is [2H]C(C)(C)c1cc(Oc2ccc3c4ccccc4n(-c4cc(C(C)(C)C)ccn4)c3c2)cc(N2CN(c3c(-c4ccc(F)cc4)cc(-c4ccccc4)cc3-c3cc(C(C)(C)C)cc(C(C)(C)C)c3)c3ccccc32)c1. The van der Waals surface area contributed by atoms with Crippen molar-refractivity contribution >= 4 is 44.6 Å². The lowest BCUT2D eigenvalue weighted by atomic mass is 9.78. The van der Waals surface area contributed by atoms with Crippen molar-refractivity contribution in [1.29, 1.82) is 0 Å². The van der Waals surface area contributed by atoms with Crippen LogP contribution in [-0.4, -0.2) is 16.2 Å². The molecule has 6 heteroatoms. The van der Waals surface area contributed by atoms with E-state index in [-0.39, 0.29) is 22.1 Å². The van der Waals surface area contributed by atoms with E-state index >= 15 is 0 Å². The van der Waals surface area contributed by atoms with Gasteiger partial charge < -0.3 is 14.5 Å². The van der Waals surface area contributed by atoms with E-state index in [1.54, 1.807) is 12.1 Å². The fourth-order valence-electron chi connectivity index (χ4n) is 10.6. The van der Waals surface area contributed by atoms with Gasteiger partial charge in [-0.15, -0.1) is 0 Å². The third-order valence-corrected chi connectivity index (χ3v) is 14.9. The van der Waals surface area contributed by atoms with E-state index in [0.29, 0.717) is 18.2 Å². The Morgan fingerprint density at radius 1 is 0.507 bits per heavy atom. The monoisotopic (exact) mass is 988 g/mol. The van der Waals surface area contributed by atoms with Gasteiger partial charge in [0.1, 0.15) is 29.8 Å². The Labute approximate surface area is 444 Å². The van der Waals surface area contributed by atoms with Crippen LogP contribution >= 0.6 is 0 Å². The summed E-state index contributed by atoms with van der Waals surface area (Å²) in [6.07, 6.45) is 1.90. The number of hydrogen-bond donors (Lipinski definition) is 0. The lowest BCUT2D eigenvalue weighted by Crippen LogP contribution is -2.25. The molecule has 376 valence electrons. The highest BCUT2D eigenvalue weighted by molar-refractivity contribution is 6.09. The van der Waals surface area contributed by atoms with Gasteiger partial charge in [0.25, 0.3) is 0 Å². The average Bonchev–Trinajstić information content (AvgIpc) is 4.04. The van der Waals surface area contributed by atoms with Crippen LogP contribution in [0, 0.1) is 5.82 Å². The molecule has 2 aromatic heterocycles. The van der Waals surface area contributed by atoms with Crippen molar-refractivity contribution in [2.45, 2.75) is 98.3 Å². The molecule has 11 rings (SSSR count). The van der Waals surface area contributed by atoms with E-state index in [4.69, 9.17) is 9.72 Å². The second-order valence-corrected chi connectivity index (χ2v) is 23.6. The first-order valence-corrected chi connectivity index (χ1v) is 26.2. The maximum atomic E-state index is 14.9. The van der Waals surface area contributed by atoms with E-state index in [2.05, 4.69) is 222 Å². The number of para-hydroxylation sites is 3. The minimum atomic E-state index is -0.952. The molecule has 0 aliphatic carbocycles. The molecule has 0 fully saturated rings. The topological polar surface area (TPSA) is 33.5 Å². The minimum absolute atomic E-state index is 0.0552. The maximum Gasteiger partial charge on any atom is 0.137 e. The number of benzene rings is 8. The van der Waals surface area contributed by atoms with Crippen molar-refractivity contribution in [2.75, 3.05) is 16.5 Å². The molecule has 3 heterocycles. The Morgan fingerprint density at radius 2 is 1.12 bits per heavy atom. The Morgan fingerprint density at radius 3 is 1.79 bits per heavy atom. The largest absolute Gasteiger partial charge is 0.457 e. The van der Waals surface area contributed by atoms with Gasteiger partial charge in [-0.1, -0.05) is 167 Å². The molecule has 0 radical (unpaired) electrons. The number of pyridine rings is 1. The molecule has 0 N–H and O–H groups in total. The third kappa shape index (κ3) is 9.48. The highest BCUT2D eigenvalue weighted by Gasteiger charge is 2.33. The standard InChI is InChI=1S/C69H67FN4O/c1-44(2)47-35-54(41-56(36-47)75-55-29-30-58-57-21-15-16-22-61(57)74(64(58)42-55)65-40-50(31-32-71-65)67(3,4)5)72-43-73(63-24-18-17-23-62(63)72)66-59(46-25-27-53(70)28-26-46)37-48(45-19-13-12-14-20-45)38-60(66)49-33-51(68(6,7)8)39-52(34-49)69(9,10)11/h12-42,44H,43H2,1-11H3/i44D. The van der Waals surface area contributed by atoms with Gasteiger partial charge in [-0.3, -0.25) is 4.57 Å². The van der Waals surface area contributed by atoms with Crippen molar-refractivity contribution in [1.82, 2.24) is 9.55 Å². The molecule has 10 aromatic rings. The second-order valence-electron chi connectivity index (χ2n) is 23.6. The van der Waals surface area contributed by atoms with Crippen molar-refractivity contribution in [2.24, 2.45) is 0 Å². The lowest BCUT2D eigenvalue weighted by Gasteiger charge is -2.30. The summed E-state index contributed by atoms with van der Waals surface area (Å²) in [5.74, 6) is 0.928. The molecule has 0 saturated carbocycles. The Hall–Kier alpha value is -7.96. The predicted octanol–water partition coefficient (Wildman–Crippen LogP) is 19.4. The number of nitrogens with zero attached hydrogens (tertiary/aromatic N) is 4. The molecule has 0 saturated heterocycles. The second kappa shape index (κ2) is 18.8. The number of fused-ring (bicyclic) bond motifs is 4. The normalized spacial score (nSPS) is 13.4. The zero-order valence-corrected chi connectivity index (χ0v) is 45.2. The van der Waals surface area contributed by atoms with E-state index in [1.165, 1.54) is 16.7 Å². The molecule has 0 unspecified atom stereocenters. The van der Waals surface area contributed by atoms with Crippen LogP contribution in [0.15, 0.2) is 188 Å². The van der Waals surface area contributed by atoms with Gasteiger partial charge in [0, 0.05) is 47.3 Å². The number of aromatic nitrogens is 2. The van der Waals surface area contributed by atoms with Crippen LogP contribution in [0.3, 0.4) is 0 Å². The van der Waals surface area contributed by atoms with Gasteiger partial charge >= 0.3 is 0 Å². The van der Waals surface area contributed by atoms with Crippen LogP contribution < -0.4 is 14.5 Å². The van der Waals surface area contributed by atoms with Crippen molar-refractivity contribution in [3.63, 3.8) is 0 Å². The van der Waals surface area contributed by atoms with Crippen LogP contribution in [0.4, 0.5) is 27.1 Å². The molecule has 5 nitrogen and oxygen atoms in total. The molecule has 75 heavy (non-hydrogen) atoms. The van der Waals surface area contributed by atoms with Crippen LogP contribution in [0.5, 0.6) is 11.5 Å². The number of ether oxygens (including phenoxy) is 1. The average molecular weight is 988 g/mol. The fraction of sp³-hybridized carbons (Fsp3) is 0.232. The molecule has 0 atom stereocenters. The highest BCUT2D eigenvalue weighted by Crippen LogP contribution is 2.53. The van der Waals surface area contributed by atoms with Crippen LogP contribution in [-0.2, 0) is 16.2 Å². The summed E-state index contributed by atoms with van der Waals surface area (Å²) in [7, 11) is 0. The first-order chi connectivity index (χ1) is 36.1. The molecular formula is C69H67FN4O. The van der Waals surface area contributed by atoms with E-state index in [0.717, 1.165) is 89.3 Å². The molecule has 1 aliphatic heterocycles. The zero-order valence-electron chi connectivity index (χ0n) is 46.2. The number of rotatable bonds is 9. The summed E-state index contributed by atoms with van der Waals surface area (Å²) in [6, 6.07) is 63.1. The van der Waals surface area contributed by atoms with E-state index in [1.807, 2.05) is 44.3 Å². The first-order valence-electron chi connectivity index (χ1n) is 26.7. The Balaban J connectivity index is 1.08. The lowest BCUT2D eigenvalue weighted by molar-refractivity contribution is 0.482. The summed E-state index contributed by atoms with van der Waals surface area (Å²) in [5, 5.41) is 2.25. The fourth-order valence-corrected chi connectivity index (χ4v) is 10.6. The van der Waals surface area contributed by atoms with Crippen molar-refractivity contribution in [3.05, 3.63) is 216 Å². The zero-order chi connectivity index (χ0) is 53.5. The van der Waals surface area contributed by atoms with Gasteiger partial charge in [-0.05, 0) is 146 Å². The predicted molar refractivity (Wildman–Crippen MR) is 314 cm³/mol. The van der Waals surface area contributed by atoms with Crippen LogP contribution in [0.2, 0.25) is 0 Å². The minimum Gasteiger partial charge on any atom is -0.457 e. The molecule has 1 aliphatic rings. The van der Waals surface area contributed by atoms with E-state index < -0.39 is 5.89 Å². The molecule has 0 amide bonds. The Bertz CT molecular complexity index is 3800. The number of hydrogen-bond acceptors (Lipinski definition) is 4. The summed E-state index contributed by atoms with van der Waals surface area (Å²) in [6.45, 7) is 24.7. The summed E-state index contributed by atoms with van der Waals surface area (Å²) >= 11 is 0. The van der Waals surface area contributed by atoms with Gasteiger partial charge in [-0.2, -0.15) is 0 Å². The van der Waals surface area contributed by atoms with Crippen molar-refractivity contribution in [3.8, 4) is 50.7 Å². The third-order valence-electron chi connectivity index (χ3n) is 14.9. The molecule has 0 spiro atoms. The van der Waals surface area contributed by atoms with Crippen molar-refractivity contribution < 1.29 is 10.5 Å². The number of halogens is 1. The first kappa shape index (κ1) is 48.0. The summed E-state index contributed by atoms with van der Waals surface area (Å²) in [5.41, 5.74) is 16.5. The Kier molecular flexibility index (Phi) is 12.0. The smallest absolute Gasteiger partial charge is 0.137 e. The molecular weight excluding hydrogens is 920 g/mol. The quantitative estimate of drug-likeness (QED) is 0.144. The number of anilines is 4. The van der Waals surface area contributed by atoms with Crippen LogP contribution in [0.1, 0.15) is 106 Å². The highest BCUT2D eigenvalue weighted by atomic mass is 19.1. The van der Waals surface area contributed by atoms with E-state index in [9.17, 15) is 5.76 Å². The molecule has 8 aromatic carbocycles. The van der Waals surface area contributed by atoms with Crippen LogP contribution in [0.25, 0.3) is 61.0 Å². The van der Waals surface area contributed by atoms with Gasteiger partial charge in [0.15, 0.2) is 0 Å². The van der Waals surface area contributed by atoms with Gasteiger partial charge in [0.05, 0.1) is 28.1 Å². The van der Waals surface area contributed by atoms with Gasteiger partial charge in [-0.25, -0.2) is 9.37 Å².